The quantitative estimate of drug-likeness (QED) is 0.199. The van der Waals surface area contributed by atoms with Gasteiger partial charge in [-0.05, 0) is 63.8 Å². The first-order valence-corrected chi connectivity index (χ1v) is 16.9. The van der Waals surface area contributed by atoms with E-state index in [1.807, 2.05) is 42.7 Å². The second kappa shape index (κ2) is 14.0. The molecule has 1 saturated heterocycles. The number of ether oxygens (including phenoxy) is 1. The van der Waals surface area contributed by atoms with E-state index in [9.17, 15) is 0 Å². The summed E-state index contributed by atoms with van der Waals surface area (Å²) >= 11 is 6.30. The van der Waals surface area contributed by atoms with Crippen LogP contribution in [-0.4, -0.2) is 35.8 Å². The molecule has 0 bridgehead atoms. The number of halogens is 2. The van der Waals surface area contributed by atoms with E-state index in [0.717, 1.165) is 24.4 Å². The van der Waals surface area contributed by atoms with E-state index >= 15 is 0 Å². The summed E-state index contributed by atoms with van der Waals surface area (Å²) < 4.78 is 7.66. The minimum atomic E-state index is -0.191. The first-order valence-electron chi connectivity index (χ1n) is 13.1. The summed E-state index contributed by atoms with van der Waals surface area (Å²) in [6.45, 7) is 19.2. The second-order valence-electron chi connectivity index (χ2n) is 10.4. The Bertz CT molecular complexity index is 1160. The molecule has 0 aromatic heterocycles. The molecule has 3 aromatic carbocycles. The van der Waals surface area contributed by atoms with Gasteiger partial charge in [0.1, 0.15) is 6.17 Å². The molecule has 0 unspecified atom stereocenters. The van der Waals surface area contributed by atoms with Crippen LogP contribution in [0.4, 0.5) is 11.4 Å². The van der Waals surface area contributed by atoms with Crippen molar-refractivity contribution in [3.8, 4) is 5.75 Å². The zero-order valence-corrected chi connectivity index (χ0v) is 27.1. The molecule has 207 valence electrons. The summed E-state index contributed by atoms with van der Waals surface area (Å²) in [6, 6.07) is 17.1. The summed E-state index contributed by atoms with van der Waals surface area (Å²) in [4.78, 5) is 4.99. The summed E-state index contributed by atoms with van der Waals surface area (Å²) in [5, 5.41) is 0. The van der Waals surface area contributed by atoms with Crippen LogP contribution in [0, 0.1) is 41.5 Å². The molecule has 3 nitrogen and oxygen atoms in total. The number of nitrogens with zero attached hydrogens (tertiary/aromatic N) is 2. The molecular formula is C32H41Cl2N2ORu. The van der Waals surface area contributed by atoms with Crippen LogP contribution in [0.5, 0.6) is 5.75 Å². The van der Waals surface area contributed by atoms with Gasteiger partial charge in [-0.1, -0.05) is 35.4 Å². The largest absolute Gasteiger partial charge is 0.348 e. The number of benzene rings is 3. The van der Waals surface area contributed by atoms with Crippen molar-refractivity contribution in [1.29, 1.82) is 0 Å². The predicted molar refractivity (Wildman–Crippen MR) is 164 cm³/mol. The normalized spacial score (nSPS) is 14.1. The summed E-state index contributed by atoms with van der Waals surface area (Å²) in [6.07, 6.45) is 0.405. The molecule has 0 saturated carbocycles. The van der Waals surface area contributed by atoms with E-state index in [1.165, 1.54) is 44.8 Å². The molecule has 0 atom stereocenters. The van der Waals surface area contributed by atoms with Gasteiger partial charge in [-0.2, -0.15) is 0 Å². The van der Waals surface area contributed by atoms with Gasteiger partial charge >= 0.3 is 90.3 Å². The van der Waals surface area contributed by atoms with Gasteiger partial charge in [0, 0.05) is 24.5 Å². The molecule has 0 radical (unpaired) electrons. The average Bonchev–Trinajstić information content (AvgIpc) is 3.22. The molecule has 1 fully saturated rings. The first kappa shape index (κ1) is 30.7. The molecule has 0 spiro atoms. The van der Waals surface area contributed by atoms with Gasteiger partial charge in [0.2, 0.25) is 0 Å². The van der Waals surface area contributed by atoms with Crippen LogP contribution in [0.3, 0.4) is 0 Å². The maximum atomic E-state index is 6.49. The van der Waals surface area contributed by atoms with E-state index in [2.05, 4.69) is 75.6 Å². The van der Waals surface area contributed by atoms with Crippen molar-refractivity contribution >= 4 is 37.3 Å². The molecule has 38 heavy (non-hydrogen) atoms. The molecule has 1 aliphatic heterocycles. The number of alkyl halides is 1. The van der Waals surface area contributed by atoms with Gasteiger partial charge in [-0.25, -0.2) is 0 Å². The third-order valence-corrected chi connectivity index (χ3v) is 8.18. The standard InChI is InChI=1S/C22H29ClN2.C10H12O.ClH.Ru/c1-14-9-16(3)21(17(4)10-14)24-7-8-25(20(24)13-23)22-18(5)11-15(2)12-19(22)6;1-8(2)11-10-7-5-4-6-9(10)3;;/h9-12,20H,7-8,13H2,1-6H3;3-8H,1-2H3;1H;/q;;;+1/p-1. The van der Waals surface area contributed by atoms with E-state index in [4.69, 9.17) is 26.0 Å². The number of rotatable bonds is 6. The molecule has 0 aliphatic carbocycles. The Kier molecular flexibility index (Phi) is 11.3. The fourth-order valence-electron chi connectivity index (χ4n) is 5.59. The third-order valence-electron chi connectivity index (χ3n) is 6.71. The van der Waals surface area contributed by atoms with Crippen molar-refractivity contribution in [1.82, 2.24) is 0 Å². The predicted octanol–water partition coefficient (Wildman–Crippen LogP) is 8.29. The van der Waals surface area contributed by atoms with E-state index in [1.54, 1.807) is 0 Å². The molecule has 1 aliphatic rings. The van der Waals surface area contributed by atoms with Crippen LogP contribution in [0.15, 0.2) is 48.5 Å². The zero-order chi connectivity index (χ0) is 28.0. The fraction of sp³-hybridized carbons (Fsp3) is 0.406. The molecule has 0 N–H and O–H groups in total. The number of para-hydroxylation sites is 1. The van der Waals surface area contributed by atoms with E-state index in [-0.39, 0.29) is 28.0 Å². The van der Waals surface area contributed by atoms with Crippen LogP contribution in [-0.2, 0) is 15.7 Å². The van der Waals surface area contributed by atoms with Gasteiger partial charge in [-0.15, -0.1) is 11.6 Å². The second-order valence-corrected chi connectivity index (χ2v) is 12.5. The number of hydrogen-bond donors (Lipinski definition) is 0. The number of anilines is 2. The van der Waals surface area contributed by atoms with Crippen LogP contribution in [0.2, 0.25) is 0 Å². The van der Waals surface area contributed by atoms with Crippen molar-refractivity contribution in [3.05, 3.63) is 87.5 Å². The molecule has 4 rings (SSSR count). The smallest absolute Gasteiger partial charge is 0.115 e. The van der Waals surface area contributed by atoms with E-state index < -0.39 is 0 Å². The monoisotopic (exact) mass is 641 g/mol. The van der Waals surface area contributed by atoms with Crippen molar-refractivity contribution in [2.75, 3.05) is 28.8 Å². The maximum absolute atomic E-state index is 6.49. The molecule has 6 heteroatoms. The molecular weight excluding hydrogens is 600 g/mol. The van der Waals surface area contributed by atoms with Crippen LogP contribution >= 0.6 is 21.3 Å². The van der Waals surface area contributed by atoms with Gasteiger partial charge in [0.15, 0.2) is 0 Å². The Hall–Kier alpha value is -1.87. The van der Waals surface area contributed by atoms with Crippen LogP contribution in [0.1, 0.15) is 52.8 Å². The van der Waals surface area contributed by atoms with Crippen LogP contribution < -0.4 is 14.5 Å². The van der Waals surface area contributed by atoms with Crippen molar-refractivity contribution < 1.29 is 20.4 Å². The number of hydrogen-bond acceptors (Lipinski definition) is 3. The summed E-state index contributed by atoms with van der Waals surface area (Å²) in [5.41, 5.74) is 11.8. The Morgan fingerprint density at radius 3 is 1.68 bits per heavy atom. The van der Waals surface area contributed by atoms with Gasteiger partial charge in [0.05, 0.1) is 5.88 Å². The first-order chi connectivity index (χ1) is 18.1. The molecule has 0 amide bonds. The minimum Gasteiger partial charge on any atom is -0.348 e. The van der Waals surface area contributed by atoms with Gasteiger partial charge in [-0.3, -0.25) is 0 Å². The minimum absolute atomic E-state index is 0.191. The molecule has 3 aromatic rings. The van der Waals surface area contributed by atoms with Gasteiger partial charge < -0.3 is 9.80 Å². The zero-order valence-electron chi connectivity index (χ0n) is 23.9. The third kappa shape index (κ3) is 7.41. The van der Waals surface area contributed by atoms with Gasteiger partial charge in [0.25, 0.3) is 0 Å². The molecule has 1 heterocycles. The van der Waals surface area contributed by atoms with Crippen molar-refractivity contribution in [2.24, 2.45) is 0 Å². The Labute approximate surface area is 246 Å². The van der Waals surface area contributed by atoms with Crippen LogP contribution in [0.25, 0.3) is 0 Å². The number of aryl methyl sites for hydroxylation is 6. The maximum Gasteiger partial charge on any atom is 0.115 e. The SMILES string of the molecule is CC(C)Oc1ccccc1[CH]=[Ru][Cl].Cc1cc(C)c(N2CCN(c3c(C)cc(C)cc3C)C2CCl)c(C)c1. The van der Waals surface area contributed by atoms with Crippen molar-refractivity contribution in [2.45, 2.75) is 67.7 Å². The average molecular weight is 642 g/mol. The topological polar surface area (TPSA) is 15.7 Å². The fourth-order valence-corrected chi connectivity index (χ4v) is 7.03. The van der Waals surface area contributed by atoms with E-state index in [0.29, 0.717) is 5.88 Å². The van der Waals surface area contributed by atoms with Crippen molar-refractivity contribution in [3.63, 3.8) is 0 Å². The summed E-state index contributed by atoms with van der Waals surface area (Å²) in [7, 11) is 5.72. The Morgan fingerprint density at radius 1 is 0.842 bits per heavy atom. The summed E-state index contributed by atoms with van der Waals surface area (Å²) in [5.74, 6) is 1.52. The Balaban J connectivity index is 0.000000260. The Morgan fingerprint density at radius 2 is 1.29 bits per heavy atom.